The molecule has 1 amide bonds. The quantitative estimate of drug-likeness (QED) is 0.396. The van der Waals surface area contributed by atoms with Gasteiger partial charge in [-0.2, -0.15) is 5.48 Å². The average molecular weight is 309 g/mol. The van der Waals surface area contributed by atoms with Crippen molar-refractivity contribution in [2.24, 2.45) is 0 Å². The smallest absolute Gasteiger partial charge is 0.256 e. The van der Waals surface area contributed by atoms with Gasteiger partial charge >= 0.3 is 0 Å². The van der Waals surface area contributed by atoms with Crippen molar-refractivity contribution in [2.75, 3.05) is 19.0 Å². The van der Waals surface area contributed by atoms with Crippen LogP contribution >= 0.6 is 0 Å². The Balaban J connectivity index is 2.10. The first kappa shape index (κ1) is 14.9. The molecule has 6 heteroatoms. The van der Waals surface area contributed by atoms with E-state index in [1.54, 1.807) is 25.4 Å². The van der Waals surface area contributed by atoms with E-state index in [1.165, 1.54) is 0 Å². The van der Waals surface area contributed by atoms with Gasteiger partial charge in [0.2, 0.25) is 0 Å². The first-order valence-electron chi connectivity index (χ1n) is 6.98. The van der Waals surface area contributed by atoms with Crippen LogP contribution in [-0.4, -0.2) is 29.8 Å². The predicted molar refractivity (Wildman–Crippen MR) is 87.0 cm³/mol. The van der Waals surface area contributed by atoms with E-state index in [0.29, 0.717) is 22.6 Å². The van der Waals surface area contributed by atoms with Crippen LogP contribution in [0.25, 0.3) is 11.6 Å². The molecule has 0 fully saturated rings. The molecule has 2 aromatic rings. The number of anilines is 1. The van der Waals surface area contributed by atoms with E-state index in [2.05, 4.69) is 22.1 Å². The predicted octanol–water partition coefficient (Wildman–Crippen LogP) is 1.85. The number of rotatable bonds is 3. The maximum absolute atomic E-state index is 12.3. The third-order valence-corrected chi connectivity index (χ3v) is 3.46. The zero-order valence-electron chi connectivity index (χ0n) is 12.4. The van der Waals surface area contributed by atoms with E-state index in [0.717, 1.165) is 11.3 Å². The first-order chi connectivity index (χ1) is 11.2. The number of aromatic nitrogens is 1. The number of hydrogen-bond donors (Lipinski definition) is 4. The zero-order chi connectivity index (χ0) is 16.2. The van der Waals surface area contributed by atoms with Crippen LogP contribution < -0.4 is 15.5 Å². The van der Waals surface area contributed by atoms with Gasteiger partial charge in [0.25, 0.3) is 5.91 Å². The first-order valence-corrected chi connectivity index (χ1v) is 6.98. The standard InChI is InChI=1S/C17H15N3O3/c1-23-15-7-9-18-14(15)10-12-16-11(5-3-8-19-22)4-2-6-13(16)20-17(12)21/h2,4,6-7,9-10,18-19,22H,8H2,1H3,(H,20,21)/b12-10-. The summed E-state index contributed by atoms with van der Waals surface area (Å²) in [6, 6.07) is 7.28. The molecule has 2 heterocycles. The van der Waals surface area contributed by atoms with E-state index in [1.807, 2.05) is 23.7 Å². The van der Waals surface area contributed by atoms with Gasteiger partial charge in [-0.15, -0.1) is 0 Å². The maximum atomic E-state index is 12.3. The van der Waals surface area contributed by atoms with E-state index in [-0.39, 0.29) is 12.5 Å². The summed E-state index contributed by atoms with van der Waals surface area (Å²) < 4.78 is 5.26. The number of amides is 1. The molecule has 0 bridgehead atoms. The Bertz CT molecular complexity index is 840. The minimum atomic E-state index is -0.189. The lowest BCUT2D eigenvalue weighted by Gasteiger charge is -2.03. The molecular weight excluding hydrogens is 294 g/mol. The number of fused-ring (bicyclic) bond motifs is 1. The molecule has 1 aliphatic heterocycles. The minimum absolute atomic E-state index is 0.147. The molecule has 0 radical (unpaired) electrons. The molecular formula is C17H15N3O3. The fraction of sp³-hybridized carbons (Fsp3) is 0.118. The Hall–Kier alpha value is -3.01. The summed E-state index contributed by atoms with van der Waals surface area (Å²) in [5.41, 5.74) is 5.40. The number of benzene rings is 1. The molecule has 0 spiro atoms. The molecule has 0 saturated heterocycles. The van der Waals surface area contributed by atoms with Gasteiger partial charge in [-0.3, -0.25) is 4.79 Å². The number of H-pyrrole nitrogens is 1. The largest absolute Gasteiger partial charge is 0.495 e. The lowest BCUT2D eigenvalue weighted by Crippen LogP contribution is -2.05. The summed E-state index contributed by atoms with van der Waals surface area (Å²) in [6.07, 6.45) is 3.49. The monoisotopic (exact) mass is 309 g/mol. The molecule has 23 heavy (non-hydrogen) atoms. The maximum Gasteiger partial charge on any atom is 0.256 e. The second kappa shape index (κ2) is 6.40. The molecule has 0 atom stereocenters. The van der Waals surface area contributed by atoms with Crippen molar-refractivity contribution in [1.82, 2.24) is 10.5 Å². The van der Waals surface area contributed by atoms with Crippen LogP contribution in [0.2, 0.25) is 0 Å². The van der Waals surface area contributed by atoms with Gasteiger partial charge in [0.05, 0.1) is 30.6 Å². The fourth-order valence-corrected chi connectivity index (χ4v) is 2.47. The van der Waals surface area contributed by atoms with Crippen LogP contribution in [0.3, 0.4) is 0 Å². The second-order valence-corrected chi connectivity index (χ2v) is 4.84. The summed E-state index contributed by atoms with van der Waals surface area (Å²) in [5.74, 6) is 6.22. The van der Waals surface area contributed by atoms with Gasteiger partial charge in [0, 0.05) is 17.3 Å². The Labute approximate surface area is 133 Å². The van der Waals surface area contributed by atoms with Crippen LogP contribution in [0.15, 0.2) is 30.5 Å². The highest BCUT2D eigenvalue weighted by molar-refractivity contribution is 6.35. The average Bonchev–Trinajstić information content (AvgIpc) is 3.13. The lowest BCUT2D eigenvalue weighted by atomic mass is 9.99. The van der Waals surface area contributed by atoms with Crippen LogP contribution in [-0.2, 0) is 4.79 Å². The summed E-state index contributed by atoms with van der Waals surface area (Å²) >= 11 is 0. The zero-order valence-corrected chi connectivity index (χ0v) is 12.4. The highest BCUT2D eigenvalue weighted by atomic mass is 16.5. The highest BCUT2D eigenvalue weighted by Gasteiger charge is 2.26. The van der Waals surface area contributed by atoms with Gasteiger partial charge in [-0.1, -0.05) is 17.9 Å². The Morgan fingerprint density at radius 2 is 2.26 bits per heavy atom. The molecule has 1 aromatic carbocycles. The lowest BCUT2D eigenvalue weighted by molar-refractivity contribution is -0.110. The van der Waals surface area contributed by atoms with Crippen molar-refractivity contribution >= 4 is 23.2 Å². The van der Waals surface area contributed by atoms with Crippen LogP contribution in [0, 0.1) is 11.8 Å². The number of hydrogen-bond acceptors (Lipinski definition) is 4. The number of ether oxygens (including phenoxy) is 1. The van der Waals surface area contributed by atoms with E-state index in [4.69, 9.17) is 9.94 Å². The van der Waals surface area contributed by atoms with Gasteiger partial charge < -0.3 is 20.2 Å². The summed E-state index contributed by atoms with van der Waals surface area (Å²) in [4.78, 5) is 15.4. The number of nitrogens with one attached hydrogen (secondary N) is 3. The molecule has 1 aliphatic rings. The molecule has 6 nitrogen and oxygen atoms in total. The van der Waals surface area contributed by atoms with Crippen LogP contribution in [0.4, 0.5) is 5.69 Å². The normalized spacial score (nSPS) is 14.2. The molecule has 1 aromatic heterocycles. The Morgan fingerprint density at radius 3 is 3.04 bits per heavy atom. The number of carbonyl (C=O) groups is 1. The molecule has 0 saturated carbocycles. The van der Waals surface area contributed by atoms with Gasteiger partial charge in [0.15, 0.2) is 0 Å². The van der Waals surface area contributed by atoms with Crippen LogP contribution in [0.5, 0.6) is 5.75 Å². The van der Waals surface area contributed by atoms with Crippen LogP contribution in [0.1, 0.15) is 16.8 Å². The highest BCUT2D eigenvalue weighted by Crippen LogP contribution is 2.36. The Kier molecular flexibility index (Phi) is 4.15. The summed E-state index contributed by atoms with van der Waals surface area (Å²) in [5, 5.41) is 11.4. The topological polar surface area (TPSA) is 86.4 Å². The van der Waals surface area contributed by atoms with Crippen molar-refractivity contribution in [2.45, 2.75) is 0 Å². The van der Waals surface area contributed by atoms with Crippen molar-refractivity contribution in [3.63, 3.8) is 0 Å². The molecule has 0 unspecified atom stereocenters. The SMILES string of the molecule is COc1cc[nH]c1/C=C1\C(=O)Nc2cccc(C#CCNO)c21. The molecule has 0 aliphatic carbocycles. The van der Waals surface area contributed by atoms with E-state index in [9.17, 15) is 4.79 Å². The Morgan fingerprint density at radius 1 is 1.39 bits per heavy atom. The van der Waals surface area contributed by atoms with E-state index < -0.39 is 0 Å². The number of carbonyl (C=O) groups excluding carboxylic acids is 1. The number of aromatic amines is 1. The summed E-state index contributed by atoms with van der Waals surface area (Å²) in [6.45, 7) is 0.147. The van der Waals surface area contributed by atoms with Crippen molar-refractivity contribution in [3.8, 4) is 17.6 Å². The van der Waals surface area contributed by atoms with Crippen molar-refractivity contribution < 1.29 is 14.7 Å². The van der Waals surface area contributed by atoms with Gasteiger partial charge in [0.1, 0.15) is 5.75 Å². The second-order valence-electron chi connectivity index (χ2n) is 4.84. The third kappa shape index (κ3) is 2.83. The van der Waals surface area contributed by atoms with E-state index >= 15 is 0 Å². The van der Waals surface area contributed by atoms with Gasteiger partial charge in [-0.25, -0.2) is 0 Å². The molecule has 3 rings (SSSR count). The number of hydroxylamine groups is 1. The molecule has 4 N–H and O–H groups in total. The van der Waals surface area contributed by atoms with Crippen molar-refractivity contribution in [1.29, 1.82) is 0 Å². The van der Waals surface area contributed by atoms with Crippen molar-refractivity contribution in [3.05, 3.63) is 47.3 Å². The number of methoxy groups -OCH3 is 1. The summed E-state index contributed by atoms with van der Waals surface area (Å²) in [7, 11) is 1.58. The minimum Gasteiger partial charge on any atom is -0.495 e. The fourth-order valence-electron chi connectivity index (χ4n) is 2.47. The third-order valence-electron chi connectivity index (χ3n) is 3.46. The molecule has 116 valence electrons. The van der Waals surface area contributed by atoms with Gasteiger partial charge in [-0.05, 0) is 24.3 Å².